The molecule has 1 fully saturated rings. The van der Waals surface area contributed by atoms with Gasteiger partial charge in [-0.2, -0.15) is 0 Å². The van der Waals surface area contributed by atoms with Crippen molar-refractivity contribution in [2.24, 2.45) is 0 Å². The SMILES string of the molecule is CCc1ccc(N(CCCC(=O)N(CCc2ccccc2)C(CC)C(=O)NC2CCCCC2)S(C)(=O)=O)cc1. The van der Waals surface area contributed by atoms with Gasteiger partial charge in [0.2, 0.25) is 21.8 Å². The van der Waals surface area contributed by atoms with Gasteiger partial charge in [-0.3, -0.25) is 13.9 Å². The summed E-state index contributed by atoms with van der Waals surface area (Å²) in [6, 6.07) is 17.1. The molecular formula is C31H45N3O4S. The first-order valence-electron chi connectivity index (χ1n) is 14.4. The molecule has 0 spiro atoms. The first-order valence-corrected chi connectivity index (χ1v) is 16.3. The van der Waals surface area contributed by atoms with Crippen LogP contribution in [0.3, 0.4) is 0 Å². The zero-order chi connectivity index (χ0) is 28.3. The van der Waals surface area contributed by atoms with E-state index in [1.165, 1.54) is 17.0 Å². The van der Waals surface area contributed by atoms with Gasteiger partial charge in [-0.05, 0) is 61.8 Å². The molecule has 2 amide bonds. The van der Waals surface area contributed by atoms with Crippen molar-refractivity contribution in [2.45, 2.75) is 90.1 Å². The zero-order valence-electron chi connectivity index (χ0n) is 23.8. The average Bonchev–Trinajstić information content (AvgIpc) is 2.93. The number of hydrogen-bond acceptors (Lipinski definition) is 4. The van der Waals surface area contributed by atoms with E-state index >= 15 is 0 Å². The highest BCUT2D eigenvalue weighted by atomic mass is 32.2. The monoisotopic (exact) mass is 555 g/mol. The number of aryl methyl sites for hydroxylation is 1. The van der Waals surface area contributed by atoms with Crippen LogP contribution in [0.4, 0.5) is 5.69 Å². The Morgan fingerprint density at radius 2 is 1.59 bits per heavy atom. The van der Waals surface area contributed by atoms with Gasteiger partial charge in [0.25, 0.3) is 0 Å². The predicted octanol–water partition coefficient (Wildman–Crippen LogP) is 5.09. The van der Waals surface area contributed by atoms with E-state index in [2.05, 4.69) is 12.2 Å². The molecule has 0 bridgehead atoms. The van der Waals surface area contributed by atoms with E-state index in [0.29, 0.717) is 31.5 Å². The van der Waals surface area contributed by atoms with Crippen LogP contribution >= 0.6 is 0 Å². The minimum atomic E-state index is -3.51. The summed E-state index contributed by atoms with van der Waals surface area (Å²) in [7, 11) is -3.51. The van der Waals surface area contributed by atoms with E-state index in [9.17, 15) is 18.0 Å². The second-order valence-electron chi connectivity index (χ2n) is 10.5. The standard InChI is InChI=1S/C31H45N3O4S/c1-4-25-18-20-28(21-19-25)34(39(3,37)38)23-12-17-30(35)33(24-22-26-13-8-6-9-14-26)29(5-2)31(36)32-27-15-10-7-11-16-27/h6,8-9,13-14,18-21,27,29H,4-5,7,10-12,15-17,22-24H2,1-3H3,(H,32,36). The van der Waals surface area contributed by atoms with Crippen LogP contribution in [0, 0.1) is 0 Å². The number of carbonyl (C=O) groups is 2. The van der Waals surface area contributed by atoms with E-state index < -0.39 is 16.1 Å². The Morgan fingerprint density at radius 3 is 2.18 bits per heavy atom. The smallest absolute Gasteiger partial charge is 0.243 e. The van der Waals surface area contributed by atoms with Gasteiger partial charge >= 0.3 is 0 Å². The van der Waals surface area contributed by atoms with Gasteiger partial charge in [0.1, 0.15) is 6.04 Å². The molecule has 1 atom stereocenters. The molecule has 2 aromatic carbocycles. The third kappa shape index (κ3) is 9.38. The molecule has 1 unspecified atom stereocenters. The number of benzene rings is 2. The summed E-state index contributed by atoms with van der Waals surface area (Å²) in [4.78, 5) is 28.7. The first-order chi connectivity index (χ1) is 18.7. The molecule has 0 radical (unpaired) electrons. The Kier molecular flexibility index (Phi) is 11.8. The molecule has 0 saturated heterocycles. The second kappa shape index (κ2) is 15.1. The van der Waals surface area contributed by atoms with Crippen LogP contribution in [0.2, 0.25) is 0 Å². The number of rotatable bonds is 14. The second-order valence-corrected chi connectivity index (χ2v) is 12.5. The van der Waals surface area contributed by atoms with Crippen LogP contribution in [-0.4, -0.2) is 56.6 Å². The Balaban J connectivity index is 1.70. The molecule has 1 aliphatic rings. The summed E-state index contributed by atoms with van der Waals surface area (Å²) in [5, 5.41) is 3.21. The maximum Gasteiger partial charge on any atom is 0.243 e. The summed E-state index contributed by atoms with van der Waals surface area (Å²) >= 11 is 0. The van der Waals surface area contributed by atoms with Crippen molar-refractivity contribution >= 4 is 27.5 Å². The number of anilines is 1. The van der Waals surface area contributed by atoms with Crippen LogP contribution in [-0.2, 0) is 32.5 Å². The molecule has 7 nitrogen and oxygen atoms in total. The Hall–Kier alpha value is -2.87. The largest absolute Gasteiger partial charge is 0.352 e. The molecule has 8 heteroatoms. The van der Waals surface area contributed by atoms with Gasteiger partial charge in [0, 0.05) is 25.6 Å². The normalized spacial score (nSPS) is 14.9. The number of nitrogens with one attached hydrogen (secondary N) is 1. The fourth-order valence-corrected chi connectivity index (χ4v) is 6.31. The molecular weight excluding hydrogens is 510 g/mol. The number of nitrogens with zero attached hydrogens (tertiary/aromatic N) is 2. The van der Waals surface area contributed by atoms with Crippen LogP contribution in [0.5, 0.6) is 0 Å². The van der Waals surface area contributed by atoms with Crippen LogP contribution in [0.15, 0.2) is 54.6 Å². The van der Waals surface area contributed by atoms with Gasteiger partial charge in [-0.25, -0.2) is 8.42 Å². The quantitative estimate of drug-likeness (QED) is 0.352. The highest BCUT2D eigenvalue weighted by Gasteiger charge is 2.30. The van der Waals surface area contributed by atoms with Gasteiger partial charge in [0.15, 0.2) is 0 Å². The Labute approximate surface area is 235 Å². The Morgan fingerprint density at radius 1 is 0.923 bits per heavy atom. The first kappa shape index (κ1) is 30.7. The fraction of sp³-hybridized carbons (Fsp3) is 0.548. The summed E-state index contributed by atoms with van der Waals surface area (Å²) in [5.74, 6) is -0.203. The van der Waals surface area contributed by atoms with Crippen molar-refractivity contribution in [1.82, 2.24) is 10.2 Å². The number of amides is 2. The molecule has 0 heterocycles. The van der Waals surface area contributed by atoms with Crippen molar-refractivity contribution in [3.05, 3.63) is 65.7 Å². The van der Waals surface area contributed by atoms with Gasteiger partial charge in [0.05, 0.1) is 11.9 Å². The zero-order valence-corrected chi connectivity index (χ0v) is 24.6. The molecule has 214 valence electrons. The minimum absolute atomic E-state index is 0.0837. The molecule has 1 N–H and O–H groups in total. The lowest BCUT2D eigenvalue weighted by molar-refractivity contribution is -0.141. The molecule has 1 aliphatic carbocycles. The lowest BCUT2D eigenvalue weighted by atomic mass is 9.95. The van der Waals surface area contributed by atoms with Crippen LogP contribution in [0.25, 0.3) is 0 Å². The average molecular weight is 556 g/mol. The van der Waals surface area contributed by atoms with Crippen molar-refractivity contribution in [1.29, 1.82) is 0 Å². The van der Waals surface area contributed by atoms with E-state index in [0.717, 1.165) is 43.2 Å². The topological polar surface area (TPSA) is 86.8 Å². The lowest BCUT2D eigenvalue weighted by Crippen LogP contribution is -2.52. The van der Waals surface area contributed by atoms with E-state index in [-0.39, 0.29) is 30.8 Å². The van der Waals surface area contributed by atoms with Crippen LogP contribution < -0.4 is 9.62 Å². The summed E-state index contributed by atoms with van der Waals surface area (Å²) in [5.41, 5.74) is 2.84. The van der Waals surface area contributed by atoms with Crippen molar-refractivity contribution in [3.8, 4) is 0 Å². The maximum absolute atomic E-state index is 13.6. The third-order valence-electron chi connectivity index (χ3n) is 7.61. The number of carbonyl (C=O) groups excluding carboxylic acids is 2. The number of sulfonamides is 1. The highest BCUT2D eigenvalue weighted by molar-refractivity contribution is 7.92. The molecule has 2 aromatic rings. The van der Waals surface area contributed by atoms with Gasteiger partial charge in [-0.1, -0.05) is 75.6 Å². The van der Waals surface area contributed by atoms with Crippen LogP contribution in [0.1, 0.15) is 76.3 Å². The third-order valence-corrected chi connectivity index (χ3v) is 8.80. The summed E-state index contributed by atoms with van der Waals surface area (Å²) in [6.45, 7) is 4.64. The molecule has 0 aliphatic heterocycles. The van der Waals surface area contributed by atoms with Gasteiger partial charge in [-0.15, -0.1) is 0 Å². The van der Waals surface area contributed by atoms with Gasteiger partial charge < -0.3 is 10.2 Å². The van der Waals surface area contributed by atoms with Crippen molar-refractivity contribution in [2.75, 3.05) is 23.7 Å². The summed E-state index contributed by atoms with van der Waals surface area (Å²) in [6.07, 6.45) is 9.20. The predicted molar refractivity (Wildman–Crippen MR) is 158 cm³/mol. The van der Waals surface area contributed by atoms with Crippen molar-refractivity contribution in [3.63, 3.8) is 0 Å². The highest BCUT2D eigenvalue weighted by Crippen LogP contribution is 2.21. The van der Waals surface area contributed by atoms with E-state index in [1.54, 1.807) is 4.90 Å². The van der Waals surface area contributed by atoms with Crippen molar-refractivity contribution < 1.29 is 18.0 Å². The lowest BCUT2D eigenvalue weighted by Gasteiger charge is -2.33. The number of hydrogen-bond donors (Lipinski definition) is 1. The minimum Gasteiger partial charge on any atom is -0.352 e. The Bertz CT molecular complexity index is 1150. The molecule has 3 rings (SSSR count). The summed E-state index contributed by atoms with van der Waals surface area (Å²) < 4.78 is 26.5. The molecule has 0 aromatic heterocycles. The molecule has 39 heavy (non-hydrogen) atoms. The fourth-order valence-electron chi connectivity index (χ4n) is 5.34. The maximum atomic E-state index is 13.6. The van der Waals surface area contributed by atoms with E-state index in [4.69, 9.17) is 0 Å². The van der Waals surface area contributed by atoms with E-state index in [1.807, 2.05) is 61.5 Å². The molecule has 1 saturated carbocycles.